The lowest BCUT2D eigenvalue weighted by Gasteiger charge is -2.09. The largest absolute Gasteiger partial charge is 0.401 e. The van der Waals surface area contributed by atoms with Crippen molar-refractivity contribution in [2.75, 3.05) is 0 Å². The summed E-state index contributed by atoms with van der Waals surface area (Å²) in [4.78, 5) is 10.8. The molecule has 3 N–H and O–H groups in total. The van der Waals surface area contributed by atoms with E-state index in [-0.39, 0.29) is 6.04 Å². The van der Waals surface area contributed by atoms with Crippen LogP contribution in [0.5, 0.6) is 0 Å². The van der Waals surface area contributed by atoms with Gasteiger partial charge in [-0.05, 0) is 20.8 Å². The van der Waals surface area contributed by atoms with Gasteiger partial charge in [-0.1, -0.05) is 0 Å². The summed E-state index contributed by atoms with van der Waals surface area (Å²) in [5.41, 5.74) is 5.19. The summed E-state index contributed by atoms with van der Waals surface area (Å²) in [6.07, 6.45) is 0. The van der Waals surface area contributed by atoms with E-state index < -0.39 is 20.2 Å². The Kier molecular flexibility index (Phi) is 5.13. The maximum atomic E-state index is 10.9. The molecule has 2 atom stereocenters. The van der Waals surface area contributed by atoms with Crippen LogP contribution in [0.25, 0.3) is 0 Å². The van der Waals surface area contributed by atoms with Crippen LogP contribution in [0.1, 0.15) is 20.8 Å². The van der Waals surface area contributed by atoms with Crippen LogP contribution in [-0.2, 0) is 13.9 Å². The molecule has 0 aromatic carbocycles. The summed E-state index contributed by atoms with van der Waals surface area (Å²) in [7, 11) is -2.46. The van der Waals surface area contributed by atoms with Crippen LogP contribution in [0.4, 0.5) is 0 Å². The van der Waals surface area contributed by atoms with Crippen LogP contribution in [0.2, 0.25) is 0 Å². The van der Waals surface area contributed by atoms with Crippen LogP contribution in [-0.4, -0.2) is 18.1 Å². The number of rotatable bonds is 4. The van der Waals surface area contributed by atoms with Gasteiger partial charge in [-0.2, -0.15) is 0 Å². The topological polar surface area (TPSA) is 81.4 Å². The molecule has 0 rings (SSSR count). The van der Waals surface area contributed by atoms with E-state index >= 15 is 0 Å². The maximum Gasteiger partial charge on any atom is 0.328 e. The van der Waals surface area contributed by atoms with Gasteiger partial charge >= 0.3 is 14.1 Å². The molecule has 0 aliphatic rings. The fourth-order valence-electron chi connectivity index (χ4n) is 0.449. The first kappa shape index (κ1) is 11.6. The zero-order valence-electron chi connectivity index (χ0n) is 7.46. The Morgan fingerprint density at radius 2 is 2.00 bits per heavy atom. The summed E-state index contributed by atoms with van der Waals surface area (Å²) in [6.45, 7) is 5.09. The number of carbonyl (C=O) groups excluding carboxylic acids is 1. The molecule has 0 aromatic rings. The smallest absolute Gasteiger partial charge is 0.328 e. The first-order valence-corrected chi connectivity index (χ1v) is 5.03. The van der Waals surface area contributed by atoms with Gasteiger partial charge in [-0.15, -0.1) is 0 Å². The molecule has 0 radical (unpaired) electrons. The Morgan fingerprint density at radius 1 is 1.50 bits per heavy atom. The van der Waals surface area contributed by atoms with Crippen molar-refractivity contribution in [3.8, 4) is 0 Å². The minimum Gasteiger partial charge on any atom is -0.401 e. The number of nitrogens with one attached hydrogen (secondary N) is 1. The molecule has 12 heavy (non-hydrogen) atoms. The first-order chi connectivity index (χ1) is 5.43. The highest BCUT2D eigenvalue weighted by Gasteiger charge is 2.12. The molecule has 0 aliphatic heterocycles. The minimum atomic E-state index is -2.46. The Labute approximate surface area is 72.6 Å². The Morgan fingerprint density at radius 3 is 2.33 bits per heavy atom. The van der Waals surface area contributed by atoms with E-state index in [0.29, 0.717) is 0 Å². The fraction of sp³-hybridized carbons (Fsp3) is 0.833. The summed E-state index contributed by atoms with van der Waals surface area (Å²) in [6, 6.07) is -0.704. The minimum absolute atomic E-state index is 0.0252. The van der Waals surface area contributed by atoms with Crippen molar-refractivity contribution < 1.29 is 13.9 Å². The van der Waals surface area contributed by atoms with E-state index in [0.717, 1.165) is 0 Å². The van der Waals surface area contributed by atoms with Crippen molar-refractivity contribution in [1.82, 2.24) is 5.09 Å². The second-order valence-electron chi connectivity index (χ2n) is 2.80. The van der Waals surface area contributed by atoms with Crippen molar-refractivity contribution in [1.29, 1.82) is 0 Å². The summed E-state index contributed by atoms with van der Waals surface area (Å²) < 4.78 is 15.4. The van der Waals surface area contributed by atoms with Gasteiger partial charge in [0.1, 0.15) is 6.04 Å². The van der Waals surface area contributed by atoms with E-state index in [9.17, 15) is 9.36 Å². The Hall–Kier alpha value is -0.380. The molecule has 0 amide bonds. The molecule has 0 saturated carbocycles. The highest BCUT2D eigenvalue weighted by Crippen LogP contribution is 2.17. The molecule has 0 aliphatic carbocycles. The van der Waals surface area contributed by atoms with Crippen LogP contribution >= 0.6 is 8.18 Å². The zero-order valence-corrected chi connectivity index (χ0v) is 8.46. The van der Waals surface area contributed by atoms with Crippen molar-refractivity contribution >= 4 is 14.1 Å². The van der Waals surface area contributed by atoms with E-state index in [1.54, 1.807) is 0 Å². The third kappa shape index (κ3) is 5.29. The van der Waals surface area contributed by atoms with Gasteiger partial charge in [0, 0.05) is 6.04 Å². The molecule has 0 bridgehead atoms. The average molecular weight is 194 g/mol. The van der Waals surface area contributed by atoms with E-state index in [2.05, 4.69) is 9.61 Å². The lowest BCUT2D eigenvalue weighted by atomic mass is 10.4. The number of nitrogens with two attached hydrogens (primary N) is 1. The summed E-state index contributed by atoms with van der Waals surface area (Å²) in [5, 5.41) is 2.58. The third-order valence-electron chi connectivity index (χ3n) is 0.972. The van der Waals surface area contributed by atoms with Crippen molar-refractivity contribution in [3.63, 3.8) is 0 Å². The molecule has 0 spiro atoms. The molecular formula is C6H15N2O3P. The van der Waals surface area contributed by atoms with Gasteiger partial charge < -0.3 is 10.3 Å². The lowest BCUT2D eigenvalue weighted by molar-refractivity contribution is -0.134. The van der Waals surface area contributed by atoms with E-state index in [1.165, 1.54) is 6.92 Å². The standard InChI is InChI=1S/C6H15N2O3P/c1-4(2)8-12(10)11-6(9)5(3)7/h4-5,12H,7H2,1-3H3,(H,8,10)/t5-/m0/s1. The number of carbonyl (C=O) groups is 1. The molecule has 0 aromatic heterocycles. The Bertz CT molecular complexity index is 182. The van der Waals surface area contributed by atoms with Crippen LogP contribution < -0.4 is 10.8 Å². The van der Waals surface area contributed by atoms with Crippen molar-refractivity contribution in [2.24, 2.45) is 5.73 Å². The molecule has 0 saturated heterocycles. The molecule has 72 valence electrons. The predicted molar refractivity (Wildman–Crippen MR) is 47.0 cm³/mol. The van der Waals surface area contributed by atoms with Gasteiger partial charge in [0.25, 0.3) is 0 Å². The second kappa shape index (κ2) is 5.30. The highest BCUT2D eigenvalue weighted by molar-refractivity contribution is 7.37. The quantitative estimate of drug-likeness (QED) is 0.627. The van der Waals surface area contributed by atoms with Gasteiger partial charge in [-0.25, -0.2) is 5.09 Å². The maximum absolute atomic E-state index is 10.9. The summed E-state index contributed by atoms with van der Waals surface area (Å²) in [5.74, 6) is -0.646. The SMILES string of the molecule is CC(C)N[PH](=O)OC(=O)[C@H](C)N. The van der Waals surface area contributed by atoms with E-state index in [4.69, 9.17) is 5.73 Å². The second-order valence-corrected chi connectivity index (χ2v) is 3.86. The molecule has 0 heterocycles. The highest BCUT2D eigenvalue weighted by atomic mass is 31.1. The number of hydrogen-bond acceptors (Lipinski definition) is 4. The molecule has 5 nitrogen and oxygen atoms in total. The van der Waals surface area contributed by atoms with Crippen molar-refractivity contribution in [2.45, 2.75) is 32.9 Å². The van der Waals surface area contributed by atoms with Gasteiger partial charge in [-0.3, -0.25) is 9.36 Å². The first-order valence-electron chi connectivity index (χ1n) is 3.71. The van der Waals surface area contributed by atoms with Gasteiger partial charge in [0.15, 0.2) is 0 Å². The molecule has 1 unspecified atom stereocenters. The number of hydrogen-bond donors (Lipinski definition) is 2. The summed E-state index contributed by atoms with van der Waals surface area (Å²) >= 11 is 0. The zero-order chi connectivity index (χ0) is 9.72. The molecule has 6 heteroatoms. The van der Waals surface area contributed by atoms with Gasteiger partial charge in [0.05, 0.1) is 0 Å². The van der Waals surface area contributed by atoms with Crippen LogP contribution in [0.15, 0.2) is 0 Å². The van der Waals surface area contributed by atoms with Crippen LogP contribution in [0.3, 0.4) is 0 Å². The van der Waals surface area contributed by atoms with Crippen LogP contribution in [0, 0.1) is 0 Å². The monoisotopic (exact) mass is 194 g/mol. The average Bonchev–Trinajstić information content (AvgIpc) is 1.84. The normalized spacial score (nSPS) is 15.8. The third-order valence-corrected chi connectivity index (χ3v) is 2.17. The van der Waals surface area contributed by atoms with E-state index in [1.807, 2.05) is 13.8 Å². The van der Waals surface area contributed by atoms with Gasteiger partial charge in [0.2, 0.25) is 0 Å². The fourth-order valence-corrected chi connectivity index (χ4v) is 1.35. The molecular weight excluding hydrogens is 179 g/mol. The Balaban J connectivity index is 3.77. The molecule has 0 fully saturated rings. The lowest BCUT2D eigenvalue weighted by Crippen LogP contribution is -2.28. The predicted octanol–water partition coefficient (Wildman–Crippen LogP) is 0.264. The van der Waals surface area contributed by atoms with Crippen molar-refractivity contribution in [3.05, 3.63) is 0 Å².